The van der Waals surface area contributed by atoms with E-state index in [1.54, 1.807) is 0 Å². The predicted molar refractivity (Wildman–Crippen MR) is 54.7 cm³/mol. The average molecular weight is 263 g/mol. The van der Waals surface area contributed by atoms with Gasteiger partial charge in [-0.05, 0) is 18.1 Å². The number of benzene rings is 1. The van der Waals surface area contributed by atoms with Gasteiger partial charge < -0.3 is 10.4 Å². The van der Waals surface area contributed by atoms with Gasteiger partial charge in [0, 0.05) is 0 Å². The largest absolute Gasteiger partial charge is 0.382 e. The van der Waals surface area contributed by atoms with Crippen molar-refractivity contribution in [1.82, 2.24) is 0 Å². The highest BCUT2D eigenvalue weighted by atomic mass is 19.3. The van der Waals surface area contributed by atoms with E-state index < -0.39 is 35.5 Å². The average Bonchev–Trinajstić information content (AvgIpc) is 2.52. The highest BCUT2D eigenvalue weighted by Gasteiger charge is 2.51. The van der Waals surface area contributed by atoms with Crippen LogP contribution in [0.2, 0.25) is 0 Å². The minimum absolute atomic E-state index is 0.206. The number of nitrogens with one attached hydrogen (secondary N) is 1. The lowest BCUT2D eigenvalue weighted by atomic mass is 9.95. The van der Waals surface area contributed by atoms with E-state index in [1.165, 1.54) is 13.0 Å². The van der Waals surface area contributed by atoms with E-state index >= 15 is 0 Å². The van der Waals surface area contributed by atoms with E-state index in [9.17, 15) is 27.5 Å². The van der Waals surface area contributed by atoms with Crippen molar-refractivity contribution in [2.75, 3.05) is 5.32 Å². The lowest BCUT2D eigenvalue weighted by Gasteiger charge is -2.17. The van der Waals surface area contributed by atoms with Gasteiger partial charge in [-0.15, -0.1) is 0 Å². The molecule has 7 heteroatoms. The van der Waals surface area contributed by atoms with Gasteiger partial charge in [0.25, 0.3) is 12.3 Å². The Kier molecular flexibility index (Phi) is 2.81. The Morgan fingerprint density at radius 1 is 1.33 bits per heavy atom. The normalized spacial score (nSPS) is 18.7. The molecular formula is C11H9F4NO2. The molecule has 1 aromatic carbocycles. The van der Waals surface area contributed by atoms with Gasteiger partial charge in [0.15, 0.2) is 0 Å². The highest BCUT2D eigenvalue weighted by Crippen LogP contribution is 2.46. The molecule has 1 amide bonds. The molecule has 2 rings (SSSR count). The van der Waals surface area contributed by atoms with Gasteiger partial charge in [0.1, 0.15) is 6.10 Å². The smallest absolute Gasteiger partial charge is 0.352 e. The van der Waals surface area contributed by atoms with E-state index in [0.29, 0.717) is 5.56 Å². The number of rotatable bonds is 2. The first kappa shape index (κ1) is 12.8. The van der Waals surface area contributed by atoms with Crippen molar-refractivity contribution in [1.29, 1.82) is 0 Å². The number of halogens is 4. The summed E-state index contributed by atoms with van der Waals surface area (Å²) in [5.74, 6) is -5.48. The number of carbonyl (C=O) groups is 1. The SMILES string of the molecule is Cc1ccc(C(O)C(F)F)c2c1NC(=O)C2(F)F. The van der Waals surface area contributed by atoms with Crippen molar-refractivity contribution in [2.24, 2.45) is 0 Å². The lowest BCUT2D eigenvalue weighted by molar-refractivity contribution is -0.139. The first-order chi connectivity index (χ1) is 8.26. The van der Waals surface area contributed by atoms with Gasteiger partial charge in [0.2, 0.25) is 0 Å². The van der Waals surface area contributed by atoms with E-state index in [1.807, 2.05) is 5.32 Å². The van der Waals surface area contributed by atoms with E-state index in [0.717, 1.165) is 6.07 Å². The van der Waals surface area contributed by atoms with Crippen LogP contribution in [-0.2, 0) is 10.7 Å². The Balaban J connectivity index is 2.67. The molecule has 1 aliphatic heterocycles. The number of amides is 1. The molecule has 0 saturated heterocycles. The van der Waals surface area contributed by atoms with Gasteiger partial charge in [-0.1, -0.05) is 12.1 Å². The summed E-state index contributed by atoms with van der Waals surface area (Å²) in [7, 11) is 0. The first-order valence-electron chi connectivity index (χ1n) is 5.06. The van der Waals surface area contributed by atoms with Gasteiger partial charge in [0.05, 0.1) is 11.3 Å². The summed E-state index contributed by atoms with van der Waals surface area (Å²) in [4.78, 5) is 11.1. The third-order valence-electron chi connectivity index (χ3n) is 2.84. The topological polar surface area (TPSA) is 49.3 Å². The Bertz CT molecular complexity index is 516. The van der Waals surface area contributed by atoms with Crippen LogP contribution in [0, 0.1) is 6.92 Å². The Hall–Kier alpha value is -1.63. The lowest BCUT2D eigenvalue weighted by Crippen LogP contribution is -2.25. The van der Waals surface area contributed by atoms with Crippen LogP contribution in [0.4, 0.5) is 23.2 Å². The van der Waals surface area contributed by atoms with Crippen molar-refractivity contribution in [3.63, 3.8) is 0 Å². The summed E-state index contributed by atoms with van der Waals surface area (Å²) < 4.78 is 52.1. The molecule has 0 aromatic heterocycles. The fraction of sp³-hybridized carbons (Fsp3) is 0.364. The molecule has 0 bridgehead atoms. The molecule has 2 N–H and O–H groups in total. The van der Waals surface area contributed by atoms with Gasteiger partial charge >= 0.3 is 5.92 Å². The maximum absolute atomic E-state index is 13.6. The van der Waals surface area contributed by atoms with Crippen LogP contribution >= 0.6 is 0 Å². The maximum atomic E-state index is 13.6. The minimum atomic E-state index is -3.91. The fourth-order valence-electron chi connectivity index (χ4n) is 1.91. The standard InChI is InChI=1S/C11H9F4NO2/c1-4-2-3-5(8(17)9(12)13)6-7(4)16-10(18)11(6,14)15/h2-3,8-9,17H,1H3,(H,16,18). The van der Waals surface area contributed by atoms with Gasteiger partial charge in [-0.25, -0.2) is 8.78 Å². The molecule has 1 heterocycles. The third kappa shape index (κ3) is 1.66. The second kappa shape index (κ2) is 3.94. The second-order valence-electron chi connectivity index (χ2n) is 4.03. The number of alkyl halides is 4. The second-order valence-corrected chi connectivity index (χ2v) is 4.03. The van der Waals surface area contributed by atoms with E-state index in [4.69, 9.17) is 0 Å². The first-order valence-corrected chi connectivity index (χ1v) is 5.06. The van der Waals surface area contributed by atoms with Crippen LogP contribution in [0.5, 0.6) is 0 Å². The number of fused-ring (bicyclic) bond motifs is 1. The minimum Gasteiger partial charge on any atom is -0.382 e. The third-order valence-corrected chi connectivity index (χ3v) is 2.84. The number of aliphatic hydroxyl groups is 1. The molecule has 1 atom stereocenters. The number of aryl methyl sites for hydroxylation is 1. The molecule has 0 radical (unpaired) electrons. The molecule has 3 nitrogen and oxygen atoms in total. The van der Waals surface area contributed by atoms with Crippen molar-refractivity contribution in [3.8, 4) is 0 Å². The van der Waals surface area contributed by atoms with Crippen LogP contribution < -0.4 is 5.32 Å². The molecule has 1 unspecified atom stereocenters. The van der Waals surface area contributed by atoms with Crippen LogP contribution in [0.15, 0.2) is 12.1 Å². The molecule has 0 aliphatic carbocycles. The van der Waals surface area contributed by atoms with Crippen LogP contribution in [0.25, 0.3) is 0 Å². The number of carbonyl (C=O) groups excluding carboxylic acids is 1. The van der Waals surface area contributed by atoms with Gasteiger partial charge in [-0.2, -0.15) is 8.78 Å². The molecule has 0 saturated carbocycles. The Morgan fingerprint density at radius 2 is 1.94 bits per heavy atom. The molecular weight excluding hydrogens is 254 g/mol. The predicted octanol–water partition coefficient (Wildman–Crippen LogP) is 2.34. The molecule has 18 heavy (non-hydrogen) atoms. The zero-order valence-corrected chi connectivity index (χ0v) is 9.18. The summed E-state index contributed by atoms with van der Waals surface area (Å²) in [5, 5.41) is 11.2. The van der Waals surface area contributed by atoms with E-state index in [2.05, 4.69) is 0 Å². The monoisotopic (exact) mass is 263 g/mol. The van der Waals surface area contributed by atoms with Crippen LogP contribution in [-0.4, -0.2) is 17.4 Å². The van der Waals surface area contributed by atoms with Crippen molar-refractivity contribution < 1.29 is 27.5 Å². The van der Waals surface area contributed by atoms with Crippen molar-refractivity contribution in [3.05, 3.63) is 28.8 Å². The van der Waals surface area contributed by atoms with Crippen LogP contribution in [0.3, 0.4) is 0 Å². The summed E-state index contributed by atoms with van der Waals surface area (Å²) >= 11 is 0. The maximum Gasteiger partial charge on any atom is 0.352 e. The van der Waals surface area contributed by atoms with Crippen LogP contribution in [0.1, 0.15) is 22.8 Å². The molecule has 1 aliphatic rings. The fourth-order valence-corrected chi connectivity index (χ4v) is 1.91. The number of anilines is 1. The zero-order chi connectivity index (χ0) is 13.7. The molecule has 1 aromatic rings. The van der Waals surface area contributed by atoms with E-state index in [-0.39, 0.29) is 5.69 Å². The van der Waals surface area contributed by atoms with Crippen molar-refractivity contribution in [2.45, 2.75) is 25.4 Å². The zero-order valence-electron chi connectivity index (χ0n) is 9.18. The molecule has 98 valence electrons. The van der Waals surface area contributed by atoms with Gasteiger partial charge in [-0.3, -0.25) is 4.79 Å². The summed E-state index contributed by atoms with van der Waals surface area (Å²) in [6.07, 6.45) is -5.55. The highest BCUT2D eigenvalue weighted by molar-refractivity contribution is 6.05. The summed E-state index contributed by atoms with van der Waals surface area (Å²) in [5.41, 5.74) is -1.38. The molecule has 0 spiro atoms. The Morgan fingerprint density at radius 3 is 2.50 bits per heavy atom. The quantitative estimate of drug-likeness (QED) is 0.804. The number of hydrogen-bond donors (Lipinski definition) is 2. The Labute approximate surface area is 99.4 Å². The van der Waals surface area contributed by atoms with Crippen molar-refractivity contribution >= 4 is 11.6 Å². The summed E-state index contributed by atoms with van der Waals surface area (Å²) in [6.45, 7) is 1.46. The molecule has 0 fully saturated rings. The number of aliphatic hydroxyl groups excluding tert-OH is 1. The number of hydrogen-bond acceptors (Lipinski definition) is 2. The summed E-state index contributed by atoms with van der Waals surface area (Å²) in [6, 6.07) is 2.28.